The Morgan fingerprint density at radius 1 is 1.56 bits per heavy atom. The summed E-state index contributed by atoms with van der Waals surface area (Å²) in [6.07, 6.45) is 0. The molecule has 5 nitrogen and oxygen atoms in total. The van der Waals surface area contributed by atoms with Gasteiger partial charge in [-0.25, -0.2) is 0 Å². The monoisotopic (exact) mass is 288 g/mol. The number of aliphatic hydroxyl groups excluding tert-OH is 1. The molecular formula is C10H13BrN2O3. The van der Waals surface area contributed by atoms with Crippen LogP contribution in [0.1, 0.15) is 5.56 Å². The van der Waals surface area contributed by atoms with Crippen molar-refractivity contribution in [3.05, 3.63) is 38.3 Å². The summed E-state index contributed by atoms with van der Waals surface area (Å²) >= 11 is 3.30. The molecule has 0 saturated heterocycles. The van der Waals surface area contributed by atoms with Crippen molar-refractivity contribution in [3.63, 3.8) is 0 Å². The highest BCUT2D eigenvalue weighted by molar-refractivity contribution is 9.10. The van der Waals surface area contributed by atoms with Crippen LogP contribution in [0.3, 0.4) is 0 Å². The first-order valence-electron chi connectivity index (χ1n) is 4.77. The van der Waals surface area contributed by atoms with E-state index in [1.807, 2.05) is 11.9 Å². The van der Waals surface area contributed by atoms with E-state index >= 15 is 0 Å². The molecule has 0 spiro atoms. The Balaban J connectivity index is 2.79. The second-order valence-corrected chi connectivity index (χ2v) is 4.35. The van der Waals surface area contributed by atoms with Gasteiger partial charge in [-0.2, -0.15) is 0 Å². The van der Waals surface area contributed by atoms with Gasteiger partial charge < -0.3 is 5.11 Å². The largest absolute Gasteiger partial charge is 0.395 e. The average molecular weight is 289 g/mol. The first-order valence-corrected chi connectivity index (χ1v) is 5.56. The van der Waals surface area contributed by atoms with Crippen molar-refractivity contribution >= 4 is 21.6 Å². The number of nitro groups is 1. The molecule has 1 aromatic rings. The SMILES string of the molecule is CN(CCO)Cc1ccc([N+](=O)[O-])cc1Br. The predicted molar refractivity (Wildman–Crippen MR) is 64.2 cm³/mol. The third-order valence-corrected chi connectivity index (χ3v) is 2.91. The fourth-order valence-corrected chi connectivity index (χ4v) is 1.81. The number of benzene rings is 1. The van der Waals surface area contributed by atoms with Crippen LogP contribution in [0.4, 0.5) is 5.69 Å². The Morgan fingerprint density at radius 2 is 2.25 bits per heavy atom. The number of likely N-dealkylation sites (N-methyl/N-ethyl adjacent to an activating group) is 1. The molecule has 0 saturated carbocycles. The van der Waals surface area contributed by atoms with E-state index in [9.17, 15) is 10.1 Å². The van der Waals surface area contributed by atoms with Crippen molar-refractivity contribution in [1.82, 2.24) is 4.90 Å². The van der Waals surface area contributed by atoms with Crippen molar-refractivity contribution in [1.29, 1.82) is 0 Å². The van der Waals surface area contributed by atoms with E-state index in [1.54, 1.807) is 6.07 Å². The van der Waals surface area contributed by atoms with Crippen LogP contribution in [0.5, 0.6) is 0 Å². The van der Waals surface area contributed by atoms with E-state index < -0.39 is 4.92 Å². The summed E-state index contributed by atoms with van der Waals surface area (Å²) in [5, 5.41) is 19.3. The summed E-state index contributed by atoms with van der Waals surface area (Å²) in [6.45, 7) is 1.31. The third-order valence-electron chi connectivity index (χ3n) is 2.17. The number of nitrogens with zero attached hydrogens (tertiary/aromatic N) is 2. The van der Waals surface area contributed by atoms with Crippen molar-refractivity contribution in [2.24, 2.45) is 0 Å². The fourth-order valence-electron chi connectivity index (χ4n) is 1.32. The molecule has 0 fully saturated rings. The zero-order valence-electron chi connectivity index (χ0n) is 8.89. The molecule has 1 N–H and O–H groups in total. The van der Waals surface area contributed by atoms with Crippen molar-refractivity contribution in [2.75, 3.05) is 20.2 Å². The summed E-state index contributed by atoms with van der Waals surface area (Å²) in [6, 6.07) is 4.69. The van der Waals surface area contributed by atoms with Crippen LogP contribution < -0.4 is 0 Å². The van der Waals surface area contributed by atoms with Gasteiger partial charge >= 0.3 is 0 Å². The number of non-ortho nitro benzene ring substituents is 1. The molecule has 16 heavy (non-hydrogen) atoms. The summed E-state index contributed by atoms with van der Waals surface area (Å²) in [5.74, 6) is 0. The van der Waals surface area contributed by atoms with Gasteiger partial charge in [-0.3, -0.25) is 15.0 Å². The molecule has 0 radical (unpaired) electrons. The molecule has 0 aliphatic heterocycles. The average Bonchev–Trinajstić information content (AvgIpc) is 2.21. The first-order chi connectivity index (χ1) is 7.54. The van der Waals surface area contributed by atoms with Crippen LogP contribution in [0, 0.1) is 10.1 Å². The number of hydrogen-bond donors (Lipinski definition) is 1. The van der Waals surface area contributed by atoms with E-state index in [4.69, 9.17) is 5.11 Å². The van der Waals surface area contributed by atoms with Gasteiger partial charge in [-0.1, -0.05) is 15.9 Å². The van der Waals surface area contributed by atoms with Crippen LogP contribution in [0.2, 0.25) is 0 Å². The minimum absolute atomic E-state index is 0.0698. The summed E-state index contributed by atoms with van der Waals surface area (Å²) in [5.41, 5.74) is 1.03. The highest BCUT2D eigenvalue weighted by atomic mass is 79.9. The lowest BCUT2D eigenvalue weighted by Crippen LogP contribution is -2.21. The predicted octanol–water partition coefficient (Wildman–Crippen LogP) is 1.78. The molecule has 0 heterocycles. The standard InChI is InChI=1S/C10H13BrN2O3/c1-12(4-5-14)7-8-2-3-9(13(15)16)6-10(8)11/h2-3,6,14H,4-5,7H2,1H3. The van der Waals surface area contributed by atoms with E-state index in [0.717, 1.165) is 5.56 Å². The zero-order valence-corrected chi connectivity index (χ0v) is 10.5. The molecule has 1 rings (SSSR count). The van der Waals surface area contributed by atoms with Crippen LogP contribution in [0.25, 0.3) is 0 Å². The second-order valence-electron chi connectivity index (χ2n) is 3.49. The molecule has 0 bridgehead atoms. The molecule has 0 aromatic heterocycles. The highest BCUT2D eigenvalue weighted by Gasteiger charge is 2.10. The van der Waals surface area contributed by atoms with E-state index in [1.165, 1.54) is 12.1 Å². The molecule has 1 aromatic carbocycles. The van der Waals surface area contributed by atoms with E-state index in [-0.39, 0.29) is 12.3 Å². The van der Waals surface area contributed by atoms with Gasteiger partial charge in [0.25, 0.3) is 5.69 Å². The summed E-state index contributed by atoms with van der Waals surface area (Å²) in [4.78, 5) is 12.0. The number of rotatable bonds is 5. The minimum Gasteiger partial charge on any atom is -0.395 e. The van der Waals surface area contributed by atoms with Gasteiger partial charge in [0, 0.05) is 29.7 Å². The lowest BCUT2D eigenvalue weighted by Gasteiger charge is -2.15. The number of nitro benzene ring substituents is 1. The number of hydrogen-bond acceptors (Lipinski definition) is 4. The van der Waals surface area contributed by atoms with Crippen LogP contribution in [-0.4, -0.2) is 35.1 Å². The molecule has 0 aliphatic rings. The first kappa shape index (κ1) is 13.1. The molecule has 0 amide bonds. The smallest absolute Gasteiger partial charge is 0.270 e. The van der Waals surface area contributed by atoms with Gasteiger partial charge in [0.15, 0.2) is 0 Å². The number of halogens is 1. The Kier molecular flexibility index (Phi) is 4.85. The highest BCUT2D eigenvalue weighted by Crippen LogP contribution is 2.23. The molecule has 0 unspecified atom stereocenters. The maximum atomic E-state index is 10.5. The van der Waals surface area contributed by atoms with Crippen molar-refractivity contribution in [3.8, 4) is 0 Å². The third kappa shape index (κ3) is 3.55. The van der Waals surface area contributed by atoms with E-state index in [0.29, 0.717) is 17.6 Å². The van der Waals surface area contributed by atoms with Crippen molar-refractivity contribution in [2.45, 2.75) is 6.54 Å². The normalized spacial score (nSPS) is 10.8. The molecular weight excluding hydrogens is 276 g/mol. The van der Waals surface area contributed by atoms with Crippen LogP contribution >= 0.6 is 15.9 Å². The van der Waals surface area contributed by atoms with Gasteiger partial charge in [0.1, 0.15) is 0 Å². The quantitative estimate of drug-likeness (QED) is 0.663. The Bertz CT molecular complexity index is 384. The maximum absolute atomic E-state index is 10.5. The van der Waals surface area contributed by atoms with Crippen LogP contribution in [0.15, 0.2) is 22.7 Å². The van der Waals surface area contributed by atoms with Gasteiger partial charge in [0.2, 0.25) is 0 Å². The molecule has 0 aliphatic carbocycles. The fraction of sp³-hybridized carbons (Fsp3) is 0.400. The van der Waals surface area contributed by atoms with Crippen molar-refractivity contribution < 1.29 is 10.0 Å². The Morgan fingerprint density at radius 3 is 2.75 bits per heavy atom. The lowest BCUT2D eigenvalue weighted by molar-refractivity contribution is -0.384. The lowest BCUT2D eigenvalue weighted by atomic mass is 10.2. The zero-order chi connectivity index (χ0) is 12.1. The number of aliphatic hydroxyl groups is 1. The molecule has 0 atom stereocenters. The minimum atomic E-state index is -0.425. The van der Waals surface area contributed by atoms with E-state index in [2.05, 4.69) is 15.9 Å². The summed E-state index contributed by atoms with van der Waals surface area (Å²) in [7, 11) is 1.88. The van der Waals surface area contributed by atoms with Gasteiger partial charge in [-0.15, -0.1) is 0 Å². The second kappa shape index (κ2) is 5.93. The summed E-state index contributed by atoms with van der Waals surface area (Å²) < 4.78 is 0.714. The molecule has 88 valence electrons. The van der Waals surface area contributed by atoms with Gasteiger partial charge in [0.05, 0.1) is 11.5 Å². The topological polar surface area (TPSA) is 66.6 Å². The van der Waals surface area contributed by atoms with Gasteiger partial charge in [-0.05, 0) is 18.7 Å². The Labute approximate surface area is 102 Å². The van der Waals surface area contributed by atoms with Crippen LogP contribution in [-0.2, 0) is 6.54 Å². The maximum Gasteiger partial charge on any atom is 0.270 e. The Hall–Kier alpha value is -0.980. The molecule has 6 heteroatoms.